The van der Waals surface area contributed by atoms with E-state index < -0.39 is 0 Å². The Morgan fingerprint density at radius 2 is 2.23 bits per heavy atom. The van der Waals surface area contributed by atoms with Gasteiger partial charge in [-0.1, -0.05) is 0 Å². The van der Waals surface area contributed by atoms with Crippen LogP contribution in [0.15, 0.2) is 0 Å². The molecule has 1 unspecified atom stereocenters. The Labute approximate surface area is 84.0 Å². The summed E-state index contributed by atoms with van der Waals surface area (Å²) >= 11 is 1.91. The average molecular weight is 202 g/mol. The number of carbonyl (C=O) groups excluding carboxylic acids is 1. The zero-order valence-corrected chi connectivity index (χ0v) is 9.33. The van der Waals surface area contributed by atoms with E-state index >= 15 is 0 Å². The molecule has 0 aromatic rings. The van der Waals surface area contributed by atoms with Crippen LogP contribution in [0.25, 0.3) is 0 Å². The van der Waals surface area contributed by atoms with Gasteiger partial charge in [-0.3, -0.25) is 4.79 Å². The van der Waals surface area contributed by atoms with Crippen molar-refractivity contribution in [2.24, 2.45) is 0 Å². The van der Waals surface area contributed by atoms with Crippen molar-refractivity contribution in [2.75, 3.05) is 19.8 Å². The molecule has 0 heterocycles. The molecule has 0 bridgehead atoms. The highest BCUT2D eigenvalue weighted by molar-refractivity contribution is 8.00. The minimum atomic E-state index is -0.0744. The van der Waals surface area contributed by atoms with Gasteiger partial charge < -0.3 is 10.6 Å². The maximum absolute atomic E-state index is 11.2. The molecule has 0 aromatic heterocycles. The zero-order valence-electron chi connectivity index (χ0n) is 8.52. The summed E-state index contributed by atoms with van der Waals surface area (Å²) in [6, 6.07) is -0.0744. The summed E-state index contributed by atoms with van der Waals surface area (Å²) in [5.41, 5.74) is 0. The fourth-order valence-corrected chi connectivity index (χ4v) is 1.98. The molecule has 1 aliphatic carbocycles. The fraction of sp³-hybridized carbons (Fsp3) is 0.889. The highest BCUT2D eigenvalue weighted by Gasteiger charge is 2.41. The fourth-order valence-electron chi connectivity index (χ4n) is 1.24. The van der Waals surface area contributed by atoms with E-state index in [0.29, 0.717) is 4.75 Å². The van der Waals surface area contributed by atoms with Gasteiger partial charge in [0.25, 0.3) is 0 Å². The maximum atomic E-state index is 11.2. The molecule has 0 spiro atoms. The van der Waals surface area contributed by atoms with Crippen LogP contribution in [0.3, 0.4) is 0 Å². The molecule has 0 aliphatic heterocycles. The number of hydrogen-bond acceptors (Lipinski definition) is 3. The van der Waals surface area contributed by atoms with Crippen LogP contribution in [0.2, 0.25) is 0 Å². The van der Waals surface area contributed by atoms with Gasteiger partial charge in [0.15, 0.2) is 0 Å². The summed E-state index contributed by atoms with van der Waals surface area (Å²) in [7, 11) is 1.67. The predicted octanol–water partition coefficient (Wildman–Crippen LogP) is 0.606. The number of carbonyl (C=O) groups is 1. The topological polar surface area (TPSA) is 41.1 Å². The van der Waals surface area contributed by atoms with Crippen molar-refractivity contribution in [1.82, 2.24) is 10.6 Å². The average Bonchev–Trinajstić information content (AvgIpc) is 2.93. The highest BCUT2D eigenvalue weighted by Crippen LogP contribution is 2.46. The summed E-state index contributed by atoms with van der Waals surface area (Å²) in [5.74, 6) is 0.0666. The largest absolute Gasteiger partial charge is 0.358 e. The van der Waals surface area contributed by atoms with Gasteiger partial charge in [0.2, 0.25) is 5.91 Å². The second kappa shape index (κ2) is 4.33. The standard InChI is InChI=1S/C9H18N2OS/c1-7(8(12)10-2)11-6-9(13-3)4-5-9/h7,11H,4-6H2,1-3H3,(H,10,12). The van der Waals surface area contributed by atoms with Crippen molar-refractivity contribution in [3.05, 3.63) is 0 Å². The first-order chi connectivity index (χ1) is 6.13. The van der Waals surface area contributed by atoms with Crippen LogP contribution in [0.4, 0.5) is 0 Å². The van der Waals surface area contributed by atoms with Gasteiger partial charge in [0.1, 0.15) is 0 Å². The molecule has 1 atom stereocenters. The predicted molar refractivity (Wildman–Crippen MR) is 57.0 cm³/mol. The Morgan fingerprint density at radius 1 is 1.62 bits per heavy atom. The molecule has 1 amide bonds. The molecule has 4 heteroatoms. The van der Waals surface area contributed by atoms with Crippen molar-refractivity contribution in [3.63, 3.8) is 0 Å². The Bertz CT molecular complexity index is 192. The smallest absolute Gasteiger partial charge is 0.236 e. The number of hydrogen-bond donors (Lipinski definition) is 2. The van der Waals surface area contributed by atoms with Crippen molar-refractivity contribution in [1.29, 1.82) is 0 Å². The van der Waals surface area contributed by atoms with E-state index in [0.717, 1.165) is 6.54 Å². The van der Waals surface area contributed by atoms with Gasteiger partial charge in [0.05, 0.1) is 6.04 Å². The summed E-state index contributed by atoms with van der Waals surface area (Å²) in [6.45, 7) is 2.85. The molecule has 1 fully saturated rings. The third kappa shape index (κ3) is 2.88. The Balaban J connectivity index is 2.22. The number of rotatable bonds is 5. The van der Waals surface area contributed by atoms with E-state index in [-0.39, 0.29) is 11.9 Å². The molecule has 0 saturated heterocycles. The van der Waals surface area contributed by atoms with Crippen molar-refractivity contribution >= 4 is 17.7 Å². The van der Waals surface area contributed by atoms with Crippen molar-refractivity contribution in [3.8, 4) is 0 Å². The molecule has 0 aromatic carbocycles. The number of amides is 1. The Kier molecular flexibility index (Phi) is 3.62. The summed E-state index contributed by atoms with van der Waals surface area (Å²) in [5, 5.41) is 5.89. The van der Waals surface area contributed by atoms with E-state index in [1.807, 2.05) is 18.7 Å². The molecular formula is C9H18N2OS. The molecule has 1 rings (SSSR count). The maximum Gasteiger partial charge on any atom is 0.236 e. The second-order valence-electron chi connectivity index (χ2n) is 3.60. The van der Waals surface area contributed by atoms with Gasteiger partial charge in [-0.25, -0.2) is 0 Å². The van der Waals surface area contributed by atoms with Crippen molar-refractivity contribution in [2.45, 2.75) is 30.6 Å². The first kappa shape index (κ1) is 10.9. The summed E-state index contributed by atoms with van der Waals surface area (Å²) < 4.78 is 0.433. The van der Waals surface area contributed by atoms with Gasteiger partial charge in [-0.15, -0.1) is 0 Å². The van der Waals surface area contributed by atoms with Crippen LogP contribution >= 0.6 is 11.8 Å². The normalized spacial score (nSPS) is 20.8. The summed E-state index contributed by atoms with van der Waals surface area (Å²) in [4.78, 5) is 11.2. The van der Waals surface area contributed by atoms with Crippen LogP contribution in [0.1, 0.15) is 19.8 Å². The van der Waals surface area contributed by atoms with Crippen molar-refractivity contribution < 1.29 is 4.79 Å². The molecule has 0 radical (unpaired) electrons. The summed E-state index contributed by atoms with van der Waals surface area (Å²) in [6.07, 6.45) is 4.70. The first-order valence-corrected chi connectivity index (χ1v) is 5.86. The molecular weight excluding hydrogens is 184 g/mol. The monoisotopic (exact) mass is 202 g/mol. The van der Waals surface area contributed by atoms with E-state index in [1.54, 1.807) is 7.05 Å². The van der Waals surface area contributed by atoms with E-state index in [2.05, 4.69) is 16.9 Å². The molecule has 2 N–H and O–H groups in total. The lowest BCUT2D eigenvalue weighted by atomic mass is 10.3. The SMILES string of the molecule is CNC(=O)C(C)NCC1(SC)CC1. The third-order valence-electron chi connectivity index (χ3n) is 2.61. The minimum Gasteiger partial charge on any atom is -0.358 e. The minimum absolute atomic E-state index is 0.0666. The van der Waals surface area contributed by atoms with Crippen LogP contribution in [-0.4, -0.2) is 36.5 Å². The number of nitrogens with one attached hydrogen (secondary N) is 2. The molecule has 13 heavy (non-hydrogen) atoms. The van der Waals surface area contributed by atoms with E-state index in [9.17, 15) is 4.79 Å². The van der Waals surface area contributed by atoms with Crippen LogP contribution in [-0.2, 0) is 4.79 Å². The third-order valence-corrected chi connectivity index (χ3v) is 4.03. The molecule has 76 valence electrons. The van der Waals surface area contributed by atoms with Crippen LogP contribution in [0.5, 0.6) is 0 Å². The molecule has 3 nitrogen and oxygen atoms in total. The lowest BCUT2D eigenvalue weighted by Gasteiger charge is -2.17. The zero-order chi connectivity index (χ0) is 9.90. The van der Waals surface area contributed by atoms with E-state index in [4.69, 9.17) is 0 Å². The Morgan fingerprint density at radius 3 is 2.62 bits per heavy atom. The molecule has 1 aliphatic rings. The molecule has 1 saturated carbocycles. The number of likely N-dealkylation sites (N-methyl/N-ethyl adjacent to an activating group) is 1. The first-order valence-electron chi connectivity index (χ1n) is 4.64. The van der Waals surface area contributed by atoms with Gasteiger partial charge >= 0.3 is 0 Å². The lowest BCUT2D eigenvalue weighted by molar-refractivity contribution is -0.122. The highest BCUT2D eigenvalue weighted by atomic mass is 32.2. The van der Waals surface area contributed by atoms with Gasteiger partial charge in [0, 0.05) is 18.3 Å². The lowest BCUT2D eigenvalue weighted by Crippen LogP contribution is -2.43. The van der Waals surface area contributed by atoms with Gasteiger partial charge in [-0.2, -0.15) is 11.8 Å². The number of thioether (sulfide) groups is 1. The van der Waals surface area contributed by atoms with E-state index in [1.165, 1.54) is 12.8 Å². The van der Waals surface area contributed by atoms with Crippen LogP contribution in [0, 0.1) is 0 Å². The second-order valence-corrected chi connectivity index (χ2v) is 4.88. The Hall–Kier alpha value is -0.220. The quantitative estimate of drug-likeness (QED) is 0.686. The van der Waals surface area contributed by atoms with Crippen LogP contribution < -0.4 is 10.6 Å². The van der Waals surface area contributed by atoms with Gasteiger partial charge in [-0.05, 0) is 26.0 Å².